The number of methoxy groups -OCH3 is 2. The maximum Gasteiger partial charge on any atom is 0.348 e. The SMILES string of the molecule is COC(=O)c1sc(S(=O)(=O)N2CC[C@H]3CCCC[C@H]3C2)c(C(=O)OC)c1C. The van der Waals surface area contributed by atoms with Crippen LogP contribution in [0.15, 0.2) is 4.21 Å². The molecule has 2 aliphatic rings. The summed E-state index contributed by atoms with van der Waals surface area (Å²) in [5.41, 5.74) is 0.221. The highest BCUT2D eigenvalue weighted by molar-refractivity contribution is 7.91. The zero-order chi connectivity index (χ0) is 19.8. The monoisotopic (exact) mass is 415 g/mol. The van der Waals surface area contributed by atoms with E-state index in [4.69, 9.17) is 9.47 Å². The zero-order valence-corrected chi connectivity index (χ0v) is 17.5. The number of carbonyl (C=O) groups is 2. The molecule has 0 aromatic carbocycles. The normalized spacial score (nSPS) is 23.5. The second kappa shape index (κ2) is 7.89. The molecular weight excluding hydrogens is 390 g/mol. The third kappa shape index (κ3) is 3.64. The molecule has 0 bridgehead atoms. The van der Waals surface area contributed by atoms with Crippen LogP contribution in [0, 0.1) is 18.8 Å². The van der Waals surface area contributed by atoms with Gasteiger partial charge >= 0.3 is 11.9 Å². The van der Waals surface area contributed by atoms with Gasteiger partial charge in [0.25, 0.3) is 10.0 Å². The molecule has 0 radical (unpaired) electrons. The molecule has 7 nitrogen and oxygen atoms in total. The molecule has 0 N–H and O–H groups in total. The fraction of sp³-hybridized carbons (Fsp3) is 0.667. The smallest absolute Gasteiger partial charge is 0.348 e. The number of sulfonamides is 1. The number of thiophene rings is 1. The van der Waals surface area contributed by atoms with Gasteiger partial charge in [-0.3, -0.25) is 0 Å². The standard InChI is InChI=1S/C18H25NO6S2/c1-11-14(16(20)24-2)18(26-15(11)17(21)25-3)27(22,23)19-9-8-12-6-4-5-7-13(12)10-19/h12-13H,4-10H2,1-3H3/t12-,13+/m1/s1. The van der Waals surface area contributed by atoms with Crippen LogP contribution in [0.4, 0.5) is 0 Å². The Balaban J connectivity index is 2.00. The second-order valence-corrected chi connectivity index (χ2v) is 10.3. The average molecular weight is 416 g/mol. The Labute approximate surface area is 163 Å². The molecule has 27 heavy (non-hydrogen) atoms. The van der Waals surface area contributed by atoms with E-state index in [1.165, 1.54) is 24.9 Å². The Morgan fingerprint density at radius 3 is 2.30 bits per heavy atom. The summed E-state index contributed by atoms with van der Waals surface area (Å²) < 4.78 is 37.6. The molecule has 3 rings (SSSR count). The Morgan fingerprint density at radius 2 is 1.67 bits per heavy atom. The van der Waals surface area contributed by atoms with E-state index in [9.17, 15) is 18.0 Å². The van der Waals surface area contributed by atoms with Crippen molar-refractivity contribution >= 4 is 33.3 Å². The lowest BCUT2D eigenvalue weighted by Gasteiger charge is -2.40. The van der Waals surface area contributed by atoms with E-state index >= 15 is 0 Å². The van der Waals surface area contributed by atoms with Gasteiger partial charge in [0.2, 0.25) is 0 Å². The molecule has 2 atom stereocenters. The van der Waals surface area contributed by atoms with Crippen LogP contribution >= 0.6 is 11.3 Å². The van der Waals surface area contributed by atoms with Crippen molar-refractivity contribution in [1.82, 2.24) is 4.31 Å². The molecule has 1 aromatic rings. The van der Waals surface area contributed by atoms with Crippen LogP contribution in [-0.4, -0.2) is 52.0 Å². The molecule has 1 aromatic heterocycles. The van der Waals surface area contributed by atoms with Crippen LogP contribution in [0.25, 0.3) is 0 Å². The van der Waals surface area contributed by atoms with E-state index in [0.29, 0.717) is 24.9 Å². The molecule has 1 aliphatic heterocycles. The van der Waals surface area contributed by atoms with E-state index < -0.39 is 22.0 Å². The number of piperidine rings is 1. The topological polar surface area (TPSA) is 90.0 Å². The van der Waals surface area contributed by atoms with Crippen LogP contribution in [0.1, 0.15) is 57.7 Å². The quantitative estimate of drug-likeness (QED) is 0.703. The lowest BCUT2D eigenvalue weighted by Crippen LogP contribution is -2.44. The summed E-state index contributed by atoms with van der Waals surface area (Å²) in [4.78, 5) is 24.4. The number of nitrogens with zero attached hydrogens (tertiary/aromatic N) is 1. The molecule has 1 aliphatic carbocycles. The van der Waals surface area contributed by atoms with Crippen molar-refractivity contribution in [3.63, 3.8) is 0 Å². The van der Waals surface area contributed by atoms with Gasteiger partial charge in [-0.05, 0) is 37.2 Å². The van der Waals surface area contributed by atoms with Crippen molar-refractivity contribution in [2.75, 3.05) is 27.3 Å². The number of rotatable bonds is 4. The Hall–Kier alpha value is -1.45. The van der Waals surface area contributed by atoms with Gasteiger partial charge in [0.15, 0.2) is 4.21 Å². The molecule has 2 fully saturated rings. The zero-order valence-electron chi connectivity index (χ0n) is 15.8. The molecule has 0 spiro atoms. The predicted molar refractivity (Wildman–Crippen MR) is 101 cm³/mol. The molecule has 1 saturated heterocycles. The fourth-order valence-corrected chi connectivity index (χ4v) is 7.59. The summed E-state index contributed by atoms with van der Waals surface area (Å²) in [7, 11) is -1.48. The minimum Gasteiger partial charge on any atom is -0.465 e. The summed E-state index contributed by atoms with van der Waals surface area (Å²) in [6.45, 7) is 2.45. The van der Waals surface area contributed by atoms with E-state index in [-0.39, 0.29) is 20.2 Å². The number of fused-ring (bicyclic) bond motifs is 1. The molecule has 150 valence electrons. The molecule has 1 saturated carbocycles. The first-order chi connectivity index (χ1) is 12.8. The summed E-state index contributed by atoms with van der Waals surface area (Å²) in [6.07, 6.45) is 5.39. The van der Waals surface area contributed by atoms with Gasteiger partial charge in [-0.2, -0.15) is 4.31 Å². The predicted octanol–water partition coefficient (Wildman–Crippen LogP) is 2.83. The molecule has 9 heteroatoms. The van der Waals surface area contributed by atoms with Gasteiger partial charge in [0.1, 0.15) is 4.88 Å². The summed E-state index contributed by atoms with van der Waals surface area (Å²) >= 11 is 0.787. The Bertz CT molecular complexity index is 844. The largest absolute Gasteiger partial charge is 0.465 e. The number of esters is 2. The lowest BCUT2D eigenvalue weighted by atomic mass is 9.76. The van der Waals surface area contributed by atoms with Gasteiger partial charge in [-0.1, -0.05) is 19.3 Å². The van der Waals surface area contributed by atoms with Crippen LogP contribution in [0.5, 0.6) is 0 Å². The molecule has 0 amide bonds. The lowest BCUT2D eigenvalue weighted by molar-refractivity contribution is 0.0596. The van der Waals surface area contributed by atoms with Crippen molar-refractivity contribution in [1.29, 1.82) is 0 Å². The van der Waals surface area contributed by atoms with Crippen molar-refractivity contribution in [2.24, 2.45) is 11.8 Å². The highest BCUT2D eigenvalue weighted by atomic mass is 32.2. The third-order valence-electron chi connectivity index (χ3n) is 5.70. The van der Waals surface area contributed by atoms with Crippen molar-refractivity contribution in [3.8, 4) is 0 Å². The highest BCUT2D eigenvalue weighted by Crippen LogP contribution is 2.40. The first-order valence-corrected chi connectivity index (χ1v) is 11.4. The Morgan fingerprint density at radius 1 is 1.04 bits per heavy atom. The first-order valence-electron chi connectivity index (χ1n) is 9.11. The van der Waals surface area contributed by atoms with Gasteiger partial charge in [-0.15, -0.1) is 11.3 Å². The molecule has 0 unspecified atom stereocenters. The van der Waals surface area contributed by atoms with Gasteiger partial charge in [-0.25, -0.2) is 18.0 Å². The van der Waals surface area contributed by atoms with Crippen molar-refractivity contribution in [3.05, 3.63) is 16.0 Å². The van der Waals surface area contributed by atoms with Gasteiger partial charge in [0.05, 0.1) is 19.8 Å². The van der Waals surface area contributed by atoms with E-state index in [1.54, 1.807) is 6.92 Å². The number of hydrogen-bond acceptors (Lipinski definition) is 7. The maximum atomic E-state index is 13.4. The number of carbonyl (C=O) groups excluding carboxylic acids is 2. The minimum atomic E-state index is -3.90. The number of hydrogen-bond donors (Lipinski definition) is 0. The maximum absolute atomic E-state index is 13.4. The third-order valence-corrected chi connectivity index (χ3v) is 9.34. The highest BCUT2D eigenvalue weighted by Gasteiger charge is 2.40. The van der Waals surface area contributed by atoms with Crippen LogP contribution in [-0.2, 0) is 19.5 Å². The van der Waals surface area contributed by atoms with Crippen LogP contribution in [0.2, 0.25) is 0 Å². The summed E-state index contributed by atoms with van der Waals surface area (Å²) in [5.74, 6) is -0.467. The average Bonchev–Trinajstić information content (AvgIpc) is 3.04. The molecule has 2 heterocycles. The minimum absolute atomic E-state index is 0.0614. The van der Waals surface area contributed by atoms with Crippen LogP contribution < -0.4 is 0 Å². The second-order valence-electron chi connectivity index (χ2n) is 7.16. The summed E-state index contributed by atoms with van der Waals surface area (Å²) in [5, 5.41) is 0. The number of ether oxygens (including phenoxy) is 2. The first kappa shape index (κ1) is 20.3. The molecular formula is C18H25NO6S2. The van der Waals surface area contributed by atoms with Gasteiger partial charge in [0, 0.05) is 13.1 Å². The van der Waals surface area contributed by atoms with Crippen LogP contribution in [0.3, 0.4) is 0 Å². The Kier molecular flexibility index (Phi) is 5.93. The van der Waals surface area contributed by atoms with Gasteiger partial charge < -0.3 is 9.47 Å². The summed E-state index contributed by atoms with van der Waals surface area (Å²) in [6, 6.07) is 0. The van der Waals surface area contributed by atoms with Crippen molar-refractivity contribution in [2.45, 2.75) is 43.2 Å². The fourth-order valence-electron chi connectivity index (χ4n) is 4.20. The van der Waals surface area contributed by atoms with E-state index in [2.05, 4.69) is 0 Å². The van der Waals surface area contributed by atoms with Crippen molar-refractivity contribution < 1.29 is 27.5 Å². The van der Waals surface area contributed by atoms with E-state index in [0.717, 1.165) is 37.0 Å². The van der Waals surface area contributed by atoms with E-state index in [1.807, 2.05) is 0 Å².